The lowest BCUT2D eigenvalue weighted by Crippen LogP contribution is -2.43. The van der Waals surface area contributed by atoms with Crippen LogP contribution < -0.4 is 14.8 Å². The number of carbonyl (C=O) groups is 1. The van der Waals surface area contributed by atoms with Crippen molar-refractivity contribution in [3.63, 3.8) is 0 Å². The predicted octanol–water partition coefficient (Wildman–Crippen LogP) is 2.47. The first-order valence-corrected chi connectivity index (χ1v) is 11.3. The van der Waals surface area contributed by atoms with Crippen molar-refractivity contribution in [3.8, 4) is 11.5 Å². The molecular weight excluding hydrogens is 430 g/mol. The summed E-state index contributed by atoms with van der Waals surface area (Å²) in [6.07, 6.45) is 2.30. The maximum Gasteiger partial charge on any atom is 0.246 e. The second kappa shape index (κ2) is 9.63. The van der Waals surface area contributed by atoms with E-state index >= 15 is 0 Å². The molecule has 0 saturated carbocycles. The molecule has 1 amide bonds. The molecule has 1 fully saturated rings. The van der Waals surface area contributed by atoms with E-state index in [1.54, 1.807) is 20.3 Å². The van der Waals surface area contributed by atoms with Crippen LogP contribution in [0.5, 0.6) is 11.5 Å². The third-order valence-electron chi connectivity index (χ3n) is 5.10. The van der Waals surface area contributed by atoms with E-state index in [4.69, 9.17) is 21.1 Å². The van der Waals surface area contributed by atoms with Crippen LogP contribution in [0.4, 0.5) is 0 Å². The number of ether oxygens (including phenoxy) is 2. The van der Waals surface area contributed by atoms with Crippen molar-refractivity contribution in [2.75, 3.05) is 27.3 Å². The number of methoxy groups -OCH3 is 2. The zero-order valence-corrected chi connectivity index (χ0v) is 18.4. The minimum atomic E-state index is -3.74. The van der Waals surface area contributed by atoms with Gasteiger partial charge in [0.25, 0.3) is 0 Å². The van der Waals surface area contributed by atoms with Crippen LogP contribution in [0.3, 0.4) is 0 Å². The van der Waals surface area contributed by atoms with E-state index in [9.17, 15) is 13.2 Å². The van der Waals surface area contributed by atoms with E-state index in [1.807, 2.05) is 12.1 Å². The van der Waals surface area contributed by atoms with Crippen LogP contribution in [0.1, 0.15) is 18.4 Å². The lowest BCUT2D eigenvalue weighted by atomic mass is 9.97. The van der Waals surface area contributed by atoms with Crippen molar-refractivity contribution < 1.29 is 22.7 Å². The van der Waals surface area contributed by atoms with Crippen molar-refractivity contribution in [1.29, 1.82) is 0 Å². The third kappa shape index (κ3) is 4.69. The van der Waals surface area contributed by atoms with Crippen LogP contribution in [0.25, 0.3) is 0 Å². The van der Waals surface area contributed by atoms with Gasteiger partial charge < -0.3 is 14.8 Å². The number of para-hydroxylation sites is 1. The maximum atomic E-state index is 12.8. The fourth-order valence-electron chi connectivity index (χ4n) is 3.48. The third-order valence-corrected chi connectivity index (χ3v) is 7.45. The fraction of sp³-hybridized carbons (Fsp3) is 0.400. The van der Waals surface area contributed by atoms with Gasteiger partial charge in [0.15, 0.2) is 11.5 Å². The molecule has 2 aromatic rings. The second-order valence-electron chi connectivity index (χ2n) is 6.84. The Kier molecular flexibility index (Phi) is 7.17. The molecule has 0 spiro atoms. The molecule has 1 saturated heterocycles. The molecule has 3 rings (SSSR count). The topological polar surface area (TPSA) is 97.8 Å². The van der Waals surface area contributed by atoms with Gasteiger partial charge in [-0.1, -0.05) is 23.7 Å². The molecule has 162 valence electrons. The van der Waals surface area contributed by atoms with E-state index in [-0.39, 0.29) is 35.0 Å². The molecular formula is C20H24ClN3O5S. The molecule has 0 aliphatic carbocycles. The number of benzene rings is 1. The number of amides is 1. The van der Waals surface area contributed by atoms with Crippen LogP contribution in [0, 0.1) is 5.92 Å². The summed E-state index contributed by atoms with van der Waals surface area (Å²) in [5.74, 6) is 0.792. The van der Waals surface area contributed by atoms with Crippen molar-refractivity contribution in [3.05, 3.63) is 47.2 Å². The molecule has 0 bridgehead atoms. The summed E-state index contributed by atoms with van der Waals surface area (Å²) in [5, 5.41) is 2.86. The number of nitrogens with one attached hydrogen (secondary N) is 1. The SMILES string of the molecule is COc1cccc(CNC(=O)C2CCN(S(=O)(=O)c3cccnc3Cl)CC2)c1OC. The number of sulfonamides is 1. The normalized spacial score (nSPS) is 15.6. The molecule has 1 aromatic carbocycles. The number of nitrogens with zero attached hydrogens (tertiary/aromatic N) is 2. The molecule has 1 aliphatic rings. The highest BCUT2D eigenvalue weighted by Gasteiger charge is 2.33. The summed E-state index contributed by atoms with van der Waals surface area (Å²) in [5.41, 5.74) is 0.802. The highest BCUT2D eigenvalue weighted by atomic mass is 35.5. The largest absolute Gasteiger partial charge is 0.493 e. The Hall–Kier alpha value is -2.36. The van der Waals surface area contributed by atoms with Gasteiger partial charge in [-0.05, 0) is 31.0 Å². The second-order valence-corrected chi connectivity index (χ2v) is 9.11. The number of rotatable bonds is 7. The van der Waals surface area contributed by atoms with Crippen LogP contribution in [-0.2, 0) is 21.4 Å². The van der Waals surface area contributed by atoms with Gasteiger partial charge in [-0.25, -0.2) is 13.4 Å². The zero-order chi connectivity index (χ0) is 21.7. The lowest BCUT2D eigenvalue weighted by Gasteiger charge is -2.30. The summed E-state index contributed by atoms with van der Waals surface area (Å²) in [6.45, 7) is 0.783. The molecule has 0 unspecified atom stereocenters. The fourth-order valence-corrected chi connectivity index (χ4v) is 5.38. The number of piperidine rings is 1. The van der Waals surface area contributed by atoms with Crippen molar-refractivity contribution in [2.45, 2.75) is 24.3 Å². The quantitative estimate of drug-likeness (QED) is 0.647. The lowest BCUT2D eigenvalue weighted by molar-refractivity contribution is -0.126. The van der Waals surface area contributed by atoms with Gasteiger partial charge in [-0.15, -0.1) is 0 Å². The van der Waals surface area contributed by atoms with Crippen LogP contribution in [0.2, 0.25) is 5.15 Å². The average Bonchev–Trinajstić information content (AvgIpc) is 2.77. The minimum absolute atomic E-state index is 0.0142. The summed E-state index contributed by atoms with van der Waals surface area (Å²) >= 11 is 5.95. The van der Waals surface area contributed by atoms with E-state index in [0.717, 1.165) is 5.56 Å². The van der Waals surface area contributed by atoms with Gasteiger partial charge in [0.05, 0.1) is 14.2 Å². The molecule has 1 N–H and O–H groups in total. The number of pyridine rings is 1. The number of halogens is 1. The standard InChI is InChI=1S/C20H24ClN3O5S/c1-28-16-6-3-5-15(18(16)29-2)13-23-20(25)14-8-11-24(12-9-14)30(26,27)17-7-4-10-22-19(17)21/h3-7,10,14H,8-9,11-13H2,1-2H3,(H,23,25). The Labute approximate surface area is 181 Å². The molecule has 8 nitrogen and oxygen atoms in total. The van der Waals surface area contributed by atoms with E-state index in [1.165, 1.54) is 22.6 Å². The molecule has 0 atom stereocenters. The van der Waals surface area contributed by atoms with E-state index < -0.39 is 10.0 Å². The Bertz CT molecular complexity index is 1010. The number of hydrogen-bond donors (Lipinski definition) is 1. The smallest absolute Gasteiger partial charge is 0.246 e. The molecule has 1 aromatic heterocycles. The number of hydrogen-bond acceptors (Lipinski definition) is 6. The van der Waals surface area contributed by atoms with Crippen LogP contribution in [0.15, 0.2) is 41.4 Å². The molecule has 30 heavy (non-hydrogen) atoms. The number of carbonyl (C=O) groups excluding carboxylic acids is 1. The molecule has 0 radical (unpaired) electrons. The first kappa shape index (κ1) is 22.3. The molecule has 10 heteroatoms. The summed E-state index contributed by atoms with van der Waals surface area (Å²) in [6, 6.07) is 8.44. The number of aromatic nitrogens is 1. The van der Waals surface area contributed by atoms with E-state index in [0.29, 0.717) is 30.9 Å². The monoisotopic (exact) mass is 453 g/mol. The Morgan fingerprint density at radius 2 is 1.93 bits per heavy atom. The summed E-state index contributed by atoms with van der Waals surface area (Å²) in [7, 11) is -0.631. The zero-order valence-electron chi connectivity index (χ0n) is 16.8. The van der Waals surface area contributed by atoms with Gasteiger partial charge in [0.2, 0.25) is 15.9 Å². The van der Waals surface area contributed by atoms with Crippen molar-refractivity contribution in [1.82, 2.24) is 14.6 Å². The average molecular weight is 454 g/mol. The van der Waals surface area contributed by atoms with Gasteiger partial charge in [0, 0.05) is 37.3 Å². The van der Waals surface area contributed by atoms with Gasteiger partial charge in [-0.3, -0.25) is 4.79 Å². The Morgan fingerprint density at radius 1 is 1.20 bits per heavy atom. The van der Waals surface area contributed by atoms with E-state index in [2.05, 4.69) is 10.3 Å². The first-order valence-electron chi connectivity index (χ1n) is 9.46. The Morgan fingerprint density at radius 3 is 2.57 bits per heavy atom. The van der Waals surface area contributed by atoms with Gasteiger partial charge in [0.1, 0.15) is 10.0 Å². The van der Waals surface area contributed by atoms with Gasteiger partial charge in [-0.2, -0.15) is 4.31 Å². The highest BCUT2D eigenvalue weighted by molar-refractivity contribution is 7.89. The van der Waals surface area contributed by atoms with Crippen LogP contribution in [-0.4, -0.2) is 50.9 Å². The summed E-state index contributed by atoms with van der Waals surface area (Å²) in [4.78, 5) is 16.4. The predicted molar refractivity (Wildman–Crippen MR) is 112 cm³/mol. The van der Waals surface area contributed by atoms with Crippen molar-refractivity contribution in [2.24, 2.45) is 5.92 Å². The molecule has 2 heterocycles. The Balaban J connectivity index is 1.59. The van der Waals surface area contributed by atoms with Gasteiger partial charge >= 0.3 is 0 Å². The minimum Gasteiger partial charge on any atom is -0.493 e. The van der Waals surface area contributed by atoms with Crippen molar-refractivity contribution >= 4 is 27.5 Å². The molecule has 1 aliphatic heterocycles. The first-order chi connectivity index (χ1) is 14.4. The summed E-state index contributed by atoms with van der Waals surface area (Å²) < 4.78 is 37.6. The highest BCUT2D eigenvalue weighted by Crippen LogP contribution is 2.31. The maximum absolute atomic E-state index is 12.8. The van der Waals surface area contributed by atoms with Crippen LogP contribution >= 0.6 is 11.6 Å².